The Labute approximate surface area is 160 Å². The number of hydrogen-bond acceptors (Lipinski definition) is 6. The molecule has 0 atom stereocenters. The molecule has 0 aliphatic rings. The molecule has 0 aliphatic carbocycles. The van der Waals surface area contributed by atoms with Crippen LogP contribution in [0.3, 0.4) is 0 Å². The van der Waals surface area contributed by atoms with Gasteiger partial charge in [-0.1, -0.05) is 36.8 Å². The molecule has 3 aromatic rings. The van der Waals surface area contributed by atoms with E-state index in [1.807, 2.05) is 6.92 Å². The maximum absolute atomic E-state index is 14.1. The molecule has 0 saturated carbocycles. The van der Waals surface area contributed by atoms with Crippen LogP contribution in [-0.4, -0.2) is 34.7 Å². The average molecular weight is 386 g/mol. The summed E-state index contributed by atoms with van der Waals surface area (Å²) in [5, 5.41) is 9.42. The molecule has 2 aromatic heterocycles. The first-order valence-corrected chi connectivity index (χ1v) is 9.36. The lowest BCUT2D eigenvalue weighted by Crippen LogP contribution is -2.32. The van der Waals surface area contributed by atoms with Crippen molar-refractivity contribution >= 4 is 22.4 Å². The van der Waals surface area contributed by atoms with Crippen LogP contribution < -0.4 is 9.64 Å². The highest BCUT2D eigenvalue weighted by Crippen LogP contribution is 2.31. The van der Waals surface area contributed by atoms with Gasteiger partial charge in [0.15, 0.2) is 0 Å². The number of methoxy groups -OCH3 is 1. The highest BCUT2D eigenvalue weighted by molar-refractivity contribution is 7.18. The predicted molar refractivity (Wildman–Crippen MR) is 103 cm³/mol. The molecule has 27 heavy (non-hydrogen) atoms. The summed E-state index contributed by atoms with van der Waals surface area (Å²) >= 11 is 1.27. The minimum atomic E-state index is -0.549. The summed E-state index contributed by atoms with van der Waals surface area (Å²) in [6, 6.07) is 9.50. The van der Waals surface area contributed by atoms with Gasteiger partial charge in [-0.15, -0.1) is 10.2 Å². The van der Waals surface area contributed by atoms with Crippen LogP contribution in [0.1, 0.15) is 30.1 Å². The van der Waals surface area contributed by atoms with Crippen molar-refractivity contribution in [2.24, 2.45) is 0 Å². The molecule has 0 unspecified atom stereocenters. The van der Waals surface area contributed by atoms with Gasteiger partial charge in [0.05, 0.1) is 12.7 Å². The van der Waals surface area contributed by atoms with Crippen LogP contribution >= 0.6 is 11.3 Å². The minimum Gasteiger partial charge on any atom is -0.481 e. The number of benzene rings is 1. The minimum absolute atomic E-state index is 0.0240. The third-order valence-corrected chi connectivity index (χ3v) is 4.92. The molecule has 8 heteroatoms. The lowest BCUT2D eigenvalue weighted by Gasteiger charge is -2.19. The summed E-state index contributed by atoms with van der Waals surface area (Å²) in [4.78, 5) is 18.5. The van der Waals surface area contributed by atoms with Gasteiger partial charge in [-0.25, -0.2) is 9.37 Å². The van der Waals surface area contributed by atoms with Gasteiger partial charge in [-0.3, -0.25) is 9.69 Å². The Morgan fingerprint density at radius 1 is 1.26 bits per heavy atom. The number of pyridine rings is 1. The summed E-state index contributed by atoms with van der Waals surface area (Å²) < 4.78 is 19.2. The number of carbonyl (C=O) groups is 1. The van der Waals surface area contributed by atoms with Crippen molar-refractivity contribution in [3.05, 3.63) is 54.0 Å². The van der Waals surface area contributed by atoms with Gasteiger partial charge in [0.2, 0.25) is 11.0 Å². The van der Waals surface area contributed by atoms with Gasteiger partial charge in [0, 0.05) is 24.4 Å². The monoisotopic (exact) mass is 386 g/mol. The number of anilines is 1. The molecule has 0 bridgehead atoms. The number of rotatable bonds is 7. The Morgan fingerprint density at radius 2 is 2.07 bits per heavy atom. The van der Waals surface area contributed by atoms with Crippen molar-refractivity contribution in [1.29, 1.82) is 0 Å². The van der Waals surface area contributed by atoms with Crippen LogP contribution in [0.4, 0.5) is 9.52 Å². The molecule has 0 spiro atoms. The summed E-state index contributed by atoms with van der Waals surface area (Å²) in [5.41, 5.74) is 0.815. The molecule has 0 aliphatic heterocycles. The van der Waals surface area contributed by atoms with Gasteiger partial charge < -0.3 is 4.74 Å². The number of nitrogens with zero attached hydrogens (tertiary/aromatic N) is 4. The first kappa shape index (κ1) is 18.9. The Hall–Kier alpha value is -2.87. The van der Waals surface area contributed by atoms with E-state index >= 15 is 0 Å². The van der Waals surface area contributed by atoms with E-state index in [1.165, 1.54) is 35.5 Å². The SMILES string of the molecule is CCCCN(C(=O)c1ccccc1F)c1nnc(-c2ccnc(OC)c2)s1. The topological polar surface area (TPSA) is 68.2 Å². The largest absolute Gasteiger partial charge is 0.481 e. The lowest BCUT2D eigenvalue weighted by atomic mass is 10.2. The number of aromatic nitrogens is 3. The van der Waals surface area contributed by atoms with Crippen LogP contribution in [0.25, 0.3) is 10.6 Å². The second-order valence-corrected chi connectivity index (χ2v) is 6.72. The Bertz CT molecular complexity index is 931. The molecule has 2 heterocycles. The van der Waals surface area contributed by atoms with Gasteiger partial charge >= 0.3 is 0 Å². The summed E-state index contributed by atoms with van der Waals surface area (Å²) in [6.07, 6.45) is 3.29. The summed E-state index contributed by atoms with van der Waals surface area (Å²) in [7, 11) is 1.54. The van der Waals surface area contributed by atoms with Gasteiger partial charge in [-0.2, -0.15) is 0 Å². The maximum Gasteiger partial charge on any atom is 0.263 e. The fourth-order valence-electron chi connectivity index (χ4n) is 2.48. The number of halogens is 1. The molecule has 6 nitrogen and oxygen atoms in total. The summed E-state index contributed by atoms with van der Waals surface area (Å²) in [6.45, 7) is 2.47. The lowest BCUT2D eigenvalue weighted by molar-refractivity contribution is 0.0982. The Kier molecular flexibility index (Phi) is 6.08. The molecule has 0 N–H and O–H groups in total. The Morgan fingerprint density at radius 3 is 2.81 bits per heavy atom. The highest BCUT2D eigenvalue weighted by atomic mass is 32.1. The second kappa shape index (κ2) is 8.68. The van der Waals surface area contributed by atoms with Gasteiger partial charge in [0.1, 0.15) is 10.8 Å². The molecule has 1 amide bonds. The third-order valence-electron chi connectivity index (χ3n) is 3.92. The molecule has 140 valence electrons. The number of carbonyl (C=O) groups excluding carboxylic acids is 1. The van der Waals surface area contributed by atoms with Crippen molar-refractivity contribution < 1.29 is 13.9 Å². The molecule has 3 rings (SSSR count). The standard InChI is InChI=1S/C19H19FN4O2S/c1-3-4-11-24(18(25)14-7-5-6-8-15(14)20)19-23-22-17(27-19)13-9-10-21-16(12-13)26-2/h5-10,12H,3-4,11H2,1-2H3. The first-order chi connectivity index (χ1) is 13.1. The average Bonchev–Trinajstić information content (AvgIpc) is 3.18. The van der Waals surface area contributed by atoms with E-state index in [9.17, 15) is 9.18 Å². The number of hydrogen-bond donors (Lipinski definition) is 0. The van der Waals surface area contributed by atoms with Crippen LogP contribution in [-0.2, 0) is 0 Å². The predicted octanol–water partition coefficient (Wildman–Crippen LogP) is 4.19. The van der Waals surface area contributed by atoms with Crippen LogP contribution in [0.5, 0.6) is 5.88 Å². The molecular weight excluding hydrogens is 367 g/mol. The first-order valence-electron chi connectivity index (χ1n) is 8.54. The molecular formula is C19H19FN4O2S. The zero-order valence-electron chi connectivity index (χ0n) is 15.1. The number of ether oxygens (including phenoxy) is 1. The molecule has 0 radical (unpaired) electrons. The van der Waals surface area contributed by atoms with E-state index in [2.05, 4.69) is 15.2 Å². The van der Waals surface area contributed by atoms with Gasteiger partial charge in [-0.05, 0) is 24.6 Å². The molecule has 1 aromatic carbocycles. The smallest absolute Gasteiger partial charge is 0.263 e. The van der Waals surface area contributed by atoms with Crippen molar-refractivity contribution in [3.63, 3.8) is 0 Å². The zero-order valence-corrected chi connectivity index (χ0v) is 15.9. The van der Waals surface area contributed by atoms with Crippen molar-refractivity contribution in [2.45, 2.75) is 19.8 Å². The quantitative estimate of drug-likeness (QED) is 0.609. The zero-order chi connectivity index (χ0) is 19.2. The van der Waals surface area contributed by atoms with Crippen LogP contribution in [0.2, 0.25) is 0 Å². The Balaban J connectivity index is 1.93. The normalized spacial score (nSPS) is 10.6. The number of unbranched alkanes of at least 4 members (excludes halogenated alkanes) is 1. The van der Waals surface area contributed by atoms with Crippen molar-refractivity contribution in [1.82, 2.24) is 15.2 Å². The van der Waals surface area contributed by atoms with E-state index in [0.29, 0.717) is 22.6 Å². The van der Waals surface area contributed by atoms with E-state index < -0.39 is 11.7 Å². The van der Waals surface area contributed by atoms with E-state index in [4.69, 9.17) is 4.74 Å². The van der Waals surface area contributed by atoms with Crippen molar-refractivity contribution in [3.8, 4) is 16.5 Å². The molecule has 0 saturated heterocycles. The summed E-state index contributed by atoms with van der Waals surface area (Å²) in [5.74, 6) is -0.501. The van der Waals surface area contributed by atoms with E-state index in [-0.39, 0.29) is 5.56 Å². The fourth-order valence-corrected chi connectivity index (χ4v) is 3.34. The molecule has 0 fully saturated rings. The van der Waals surface area contributed by atoms with Crippen LogP contribution in [0.15, 0.2) is 42.6 Å². The highest BCUT2D eigenvalue weighted by Gasteiger charge is 2.23. The third kappa shape index (κ3) is 4.28. The maximum atomic E-state index is 14.1. The van der Waals surface area contributed by atoms with E-state index in [0.717, 1.165) is 18.4 Å². The fraction of sp³-hybridized carbons (Fsp3) is 0.263. The van der Waals surface area contributed by atoms with Gasteiger partial charge in [0.25, 0.3) is 5.91 Å². The second-order valence-electron chi connectivity index (χ2n) is 5.77. The van der Waals surface area contributed by atoms with Crippen LogP contribution in [0, 0.1) is 5.82 Å². The van der Waals surface area contributed by atoms with E-state index in [1.54, 1.807) is 30.5 Å². The van der Waals surface area contributed by atoms with Crippen molar-refractivity contribution in [2.75, 3.05) is 18.6 Å². The number of amides is 1.